The number of rotatable bonds is 2. The van der Waals surface area contributed by atoms with E-state index in [2.05, 4.69) is 18.4 Å². The summed E-state index contributed by atoms with van der Waals surface area (Å²) in [4.78, 5) is 1.18. The zero-order chi connectivity index (χ0) is 14.4. The molecule has 0 N–H and O–H groups in total. The van der Waals surface area contributed by atoms with Gasteiger partial charge in [0, 0.05) is 21.1 Å². The van der Waals surface area contributed by atoms with E-state index in [1.54, 1.807) is 11.8 Å². The van der Waals surface area contributed by atoms with Crippen molar-refractivity contribution in [1.29, 1.82) is 0 Å². The van der Waals surface area contributed by atoms with Gasteiger partial charge in [-0.25, -0.2) is 0 Å². The van der Waals surface area contributed by atoms with Crippen molar-refractivity contribution >= 4 is 29.1 Å². The highest BCUT2D eigenvalue weighted by Gasteiger charge is 2.46. The first kappa shape index (κ1) is 13.1. The third kappa shape index (κ3) is 1.95. The first-order chi connectivity index (χ1) is 10.3. The van der Waals surface area contributed by atoms with Crippen LogP contribution in [-0.2, 0) is 4.74 Å². The van der Waals surface area contributed by atoms with Crippen LogP contribution in [0.3, 0.4) is 0 Å². The van der Waals surface area contributed by atoms with Gasteiger partial charge in [0.05, 0.1) is 5.92 Å². The molecule has 0 amide bonds. The SMILES string of the molecule is CSC1=C(c2ccccc2)OC2Oc3cccc(Cl)c3C12. The number of benzene rings is 2. The molecule has 21 heavy (non-hydrogen) atoms. The third-order valence-electron chi connectivity index (χ3n) is 3.84. The van der Waals surface area contributed by atoms with Crippen LogP contribution in [0.15, 0.2) is 53.4 Å². The quantitative estimate of drug-likeness (QED) is 0.784. The van der Waals surface area contributed by atoms with Crippen LogP contribution in [0.2, 0.25) is 5.02 Å². The molecule has 0 radical (unpaired) electrons. The molecular weight excluding hydrogens is 304 g/mol. The van der Waals surface area contributed by atoms with Crippen molar-refractivity contribution in [3.8, 4) is 5.75 Å². The molecule has 0 aromatic heterocycles. The summed E-state index contributed by atoms with van der Waals surface area (Å²) in [5, 5.41) is 0.740. The van der Waals surface area contributed by atoms with E-state index in [9.17, 15) is 0 Å². The average molecular weight is 317 g/mol. The van der Waals surface area contributed by atoms with Gasteiger partial charge in [-0.1, -0.05) is 48.0 Å². The van der Waals surface area contributed by atoms with Crippen molar-refractivity contribution in [2.75, 3.05) is 6.26 Å². The Morgan fingerprint density at radius 1 is 1.00 bits per heavy atom. The maximum atomic E-state index is 6.38. The molecular formula is C17H13ClO2S. The lowest BCUT2D eigenvalue weighted by Gasteiger charge is -2.11. The molecule has 0 spiro atoms. The minimum Gasteiger partial charge on any atom is -0.453 e. The summed E-state index contributed by atoms with van der Waals surface area (Å²) < 4.78 is 12.0. The van der Waals surface area contributed by atoms with Gasteiger partial charge in [0.2, 0.25) is 0 Å². The molecule has 2 unspecified atom stereocenters. The Morgan fingerprint density at radius 2 is 1.81 bits per heavy atom. The Balaban J connectivity index is 1.86. The molecule has 4 heteroatoms. The van der Waals surface area contributed by atoms with E-state index in [1.807, 2.05) is 36.4 Å². The molecule has 0 saturated heterocycles. The van der Waals surface area contributed by atoms with Gasteiger partial charge in [-0.05, 0) is 18.4 Å². The van der Waals surface area contributed by atoms with Crippen LogP contribution in [0.25, 0.3) is 5.76 Å². The molecule has 2 aromatic carbocycles. The van der Waals surface area contributed by atoms with Crippen LogP contribution in [0.1, 0.15) is 17.0 Å². The van der Waals surface area contributed by atoms with Gasteiger partial charge in [-0.2, -0.15) is 0 Å². The smallest absolute Gasteiger partial charge is 0.252 e. The second-order valence-electron chi connectivity index (χ2n) is 5.00. The topological polar surface area (TPSA) is 18.5 Å². The second-order valence-corrected chi connectivity index (χ2v) is 6.25. The number of hydrogen-bond donors (Lipinski definition) is 0. The standard InChI is InChI=1S/C17H13ClO2S/c1-21-16-14-13-11(18)8-5-9-12(13)19-17(14)20-15(16)10-6-3-2-4-7-10/h2-9,14,17H,1H3. The average Bonchev–Trinajstić information content (AvgIpc) is 3.04. The Hall–Kier alpha value is -1.58. The summed E-state index contributed by atoms with van der Waals surface area (Å²) in [7, 11) is 0. The zero-order valence-corrected chi connectivity index (χ0v) is 12.9. The Kier molecular flexibility index (Phi) is 3.12. The summed E-state index contributed by atoms with van der Waals surface area (Å²) in [6.07, 6.45) is 1.76. The normalized spacial score (nSPS) is 22.6. The lowest BCUT2D eigenvalue weighted by molar-refractivity contribution is 0.00641. The number of thioether (sulfide) groups is 1. The zero-order valence-electron chi connectivity index (χ0n) is 11.4. The highest BCUT2D eigenvalue weighted by molar-refractivity contribution is 8.02. The molecule has 0 fully saturated rings. The van der Waals surface area contributed by atoms with E-state index in [0.717, 1.165) is 27.7 Å². The predicted molar refractivity (Wildman–Crippen MR) is 86.6 cm³/mol. The second kappa shape index (κ2) is 5.00. The number of ether oxygens (including phenoxy) is 2. The lowest BCUT2D eigenvalue weighted by Crippen LogP contribution is -2.16. The molecule has 0 bridgehead atoms. The summed E-state index contributed by atoms with van der Waals surface area (Å²) in [6.45, 7) is 0. The van der Waals surface area contributed by atoms with Gasteiger partial charge in [0.1, 0.15) is 11.5 Å². The largest absolute Gasteiger partial charge is 0.453 e. The van der Waals surface area contributed by atoms with Gasteiger partial charge < -0.3 is 9.47 Å². The van der Waals surface area contributed by atoms with Crippen LogP contribution in [0.5, 0.6) is 5.75 Å². The van der Waals surface area contributed by atoms with Gasteiger partial charge in [0.25, 0.3) is 6.29 Å². The van der Waals surface area contributed by atoms with E-state index in [1.165, 1.54) is 4.91 Å². The molecule has 0 aliphatic carbocycles. The minimum absolute atomic E-state index is 0.0684. The van der Waals surface area contributed by atoms with E-state index in [4.69, 9.17) is 21.1 Å². The third-order valence-corrected chi connectivity index (χ3v) is 5.04. The van der Waals surface area contributed by atoms with E-state index >= 15 is 0 Å². The maximum Gasteiger partial charge on any atom is 0.252 e. The number of hydrogen-bond acceptors (Lipinski definition) is 3. The van der Waals surface area contributed by atoms with Crippen LogP contribution >= 0.6 is 23.4 Å². The van der Waals surface area contributed by atoms with E-state index < -0.39 is 0 Å². The monoisotopic (exact) mass is 316 g/mol. The van der Waals surface area contributed by atoms with Gasteiger partial charge in [-0.15, -0.1) is 11.8 Å². The van der Waals surface area contributed by atoms with Crippen molar-refractivity contribution in [3.63, 3.8) is 0 Å². The fraction of sp³-hybridized carbons (Fsp3) is 0.176. The molecule has 2 aromatic rings. The van der Waals surface area contributed by atoms with Gasteiger partial charge in [-0.3, -0.25) is 0 Å². The molecule has 2 aliphatic rings. The molecule has 106 valence electrons. The van der Waals surface area contributed by atoms with Crippen molar-refractivity contribution in [2.45, 2.75) is 12.2 Å². The lowest BCUT2D eigenvalue weighted by atomic mass is 9.99. The van der Waals surface area contributed by atoms with E-state index in [0.29, 0.717) is 0 Å². The van der Waals surface area contributed by atoms with E-state index in [-0.39, 0.29) is 12.2 Å². The van der Waals surface area contributed by atoms with Crippen molar-refractivity contribution in [1.82, 2.24) is 0 Å². The summed E-state index contributed by atoms with van der Waals surface area (Å²) in [6, 6.07) is 15.9. The molecule has 2 heterocycles. The molecule has 0 saturated carbocycles. The summed E-state index contributed by atoms with van der Waals surface area (Å²) in [5.74, 6) is 1.80. The highest BCUT2D eigenvalue weighted by Crippen LogP contribution is 2.55. The Morgan fingerprint density at radius 3 is 2.57 bits per heavy atom. The fourth-order valence-electron chi connectivity index (χ4n) is 2.93. The highest BCUT2D eigenvalue weighted by atomic mass is 35.5. The van der Waals surface area contributed by atoms with Crippen molar-refractivity contribution in [2.24, 2.45) is 0 Å². The first-order valence-corrected chi connectivity index (χ1v) is 8.35. The van der Waals surface area contributed by atoms with Crippen LogP contribution in [-0.4, -0.2) is 12.5 Å². The van der Waals surface area contributed by atoms with Gasteiger partial charge in [0.15, 0.2) is 0 Å². The number of halogens is 1. The van der Waals surface area contributed by atoms with Crippen molar-refractivity contribution in [3.05, 3.63) is 69.6 Å². The minimum atomic E-state index is -0.308. The summed E-state index contributed by atoms with van der Waals surface area (Å²) in [5.41, 5.74) is 2.12. The fourth-order valence-corrected chi connectivity index (χ4v) is 4.05. The van der Waals surface area contributed by atoms with Crippen LogP contribution in [0.4, 0.5) is 0 Å². The Bertz CT molecular complexity index is 727. The molecule has 2 aliphatic heterocycles. The number of fused-ring (bicyclic) bond motifs is 3. The van der Waals surface area contributed by atoms with Crippen LogP contribution in [0, 0.1) is 0 Å². The Labute approximate surface area is 132 Å². The molecule has 2 atom stereocenters. The van der Waals surface area contributed by atoms with Crippen LogP contribution < -0.4 is 4.74 Å². The summed E-state index contributed by atoms with van der Waals surface area (Å²) >= 11 is 8.08. The molecule has 2 nitrogen and oxygen atoms in total. The van der Waals surface area contributed by atoms with Crippen molar-refractivity contribution < 1.29 is 9.47 Å². The molecule has 4 rings (SSSR count). The first-order valence-electron chi connectivity index (χ1n) is 6.75. The maximum absolute atomic E-state index is 6.38. The van der Waals surface area contributed by atoms with Gasteiger partial charge >= 0.3 is 0 Å². The predicted octanol–water partition coefficient (Wildman–Crippen LogP) is 4.90.